The Bertz CT molecular complexity index is 1070. The van der Waals surface area contributed by atoms with Gasteiger partial charge >= 0.3 is 0 Å². The summed E-state index contributed by atoms with van der Waals surface area (Å²) in [6.07, 6.45) is 10.7. The Hall–Kier alpha value is -1.97. The van der Waals surface area contributed by atoms with E-state index in [1.807, 2.05) is 0 Å². The van der Waals surface area contributed by atoms with E-state index in [1.165, 1.54) is 24.0 Å². The molecule has 1 saturated carbocycles. The van der Waals surface area contributed by atoms with Crippen LogP contribution in [0, 0.1) is 5.41 Å². The SMILES string of the molecule is CC(C)c1ccc([C@H](O)c2c(C3CCCC3)nc3c(c2C2=CCCC2)C(O)CC(C)(C)C3)cc1. The third kappa shape index (κ3) is 4.38. The molecule has 0 saturated heterocycles. The van der Waals surface area contributed by atoms with E-state index >= 15 is 0 Å². The number of benzene rings is 1. The van der Waals surface area contributed by atoms with Crippen LogP contribution in [0.5, 0.6) is 0 Å². The van der Waals surface area contributed by atoms with Crippen molar-refractivity contribution in [2.75, 3.05) is 0 Å². The minimum absolute atomic E-state index is 0.0283. The van der Waals surface area contributed by atoms with Gasteiger partial charge in [0.1, 0.15) is 6.10 Å². The van der Waals surface area contributed by atoms with Gasteiger partial charge in [0.15, 0.2) is 0 Å². The highest BCUT2D eigenvalue weighted by atomic mass is 16.3. The molecule has 0 aliphatic heterocycles. The van der Waals surface area contributed by atoms with Gasteiger partial charge in [-0.25, -0.2) is 0 Å². The number of hydrogen-bond acceptors (Lipinski definition) is 3. The second kappa shape index (κ2) is 9.24. The molecule has 0 spiro atoms. The van der Waals surface area contributed by atoms with E-state index in [0.717, 1.165) is 78.6 Å². The zero-order valence-electron chi connectivity index (χ0n) is 21.4. The van der Waals surface area contributed by atoms with Crippen LogP contribution < -0.4 is 0 Å². The van der Waals surface area contributed by atoms with Crippen molar-refractivity contribution in [3.63, 3.8) is 0 Å². The van der Waals surface area contributed by atoms with Crippen molar-refractivity contribution in [3.8, 4) is 0 Å². The fourth-order valence-corrected chi connectivity index (χ4v) is 6.59. The Labute approximate surface area is 205 Å². The van der Waals surface area contributed by atoms with E-state index in [-0.39, 0.29) is 5.41 Å². The van der Waals surface area contributed by atoms with Gasteiger partial charge in [0.25, 0.3) is 0 Å². The average Bonchev–Trinajstić information content (AvgIpc) is 3.51. The molecule has 1 heterocycles. The third-order valence-electron chi connectivity index (χ3n) is 8.40. The number of aliphatic hydroxyl groups is 2. The first-order valence-electron chi connectivity index (χ1n) is 13.5. The predicted molar refractivity (Wildman–Crippen MR) is 139 cm³/mol. The summed E-state index contributed by atoms with van der Waals surface area (Å²) in [5.41, 5.74) is 8.83. The largest absolute Gasteiger partial charge is 0.388 e. The van der Waals surface area contributed by atoms with Crippen molar-refractivity contribution in [1.29, 1.82) is 0 Å². The van der Waals surface area contributed by atoms with Crippen LogP contribution in [0.15, 0.2) is 30.3 Å². The fraction of sp³-hybridized carbons (Fsp3) is 0.581. The number of nitrogens with zero attached hydrogens (tertiary/aromatic N) is 1. The molecular formula is C31H41NO2. The predicted octanol–water partition coefficient (Wildman–Crippen LogP) is 7.52. The molecule has 3 aliphatic rings. The number of pyridine rings is 1. The smallest absolute Gasteiger partial charge is 0.106 e. The van der Waals surface area contributed by atoms with Crippen molar-refractivity contribution in [2.45, 2.75) is 110 Å². The second-order valence-corrected chi connectivity index (χ2v) is 12.0. The van der Waals surface area contributed by atoms with Crippen molar-refractivity contribution >= 4 is 5.57 Å². The molecule has 3 heteroatoms. The van der Waals surface area contributed by atoms with Crippen LogP contribution in [0.2, 0.25) is 0 Å². The van der Waals surface area contributed by atoms with Crippen LogP contribution in [-0.4, -0.2) is 15.2 Å². The number of aromatic nitrogens is 1. The minimum Gasteiger partial charge on any atom is -0.388 e. The van der Waals surface area contributed by atoms with Crippen molar-refractivity contribution in [1.82, 2.24) is 4.98 Å². The lowest BCUT2D eigenvalue weighted by molar-refractivity contribution is 0.0972. The molecular weight excluding hydrogens is 418 g/mol. The number of fused-ring (bicyclic) bond motifs is 1. The first-order valence-corrected chi connectivity index (χ1v) is 13.5. The van der Waals surface area contributed by atoms with Crippen molar-refractivity contribution in [3.05, 3.63) is 69.5 Å². The fourth-order valence-electron chi connectivity index (χ4n) is 6.59. The zero-order chi connectivity index (χ0) is 24.0. The van der Waals surface area contributed by atoms with Crippen LogP contribution in [0.3, 0.4) is 0 Å². The molecule has 1 unspecified atom stereocenters. The van der Waals surface area contributed by atoms with Gasteiger partial charge in [-0.1, -0.05) is 70.9 Å². The van der Waals surface area contributed by atoms with Gasteiger partial charge < -0.3 is 10.2 Å². The van der Waals surface area contributed by atoms with Crippen LogP contribution in [0.4, 0.5) is 0 Å². The highest BCUT2D eigenvalue weighted by molar-refractivity contribution is 5.75. The third-order valence-corrected chi connectivity index (χ3v) is 8.40. The summed E-state index contributed by atoms with van der Waals surface area (Å²) in [7, 11) is 0. The number of rotatable bonds is 5. The van der Waals surface area contributed by atoms with Crippen LogP contribution in [0.1, 0.15) is 142 Å². The Kier molecular flexibility index (Phi) is 6.46. The molecule has 0 radical (unpaired) electrons. The van der Waals surface area contributed by atoms with Gasteiger partial charge in [0.05, 0.1) is 11.8 Å². The molecule has 0 amide bonds. The molecule has 1 aromatic carbocycles. The normalized spacial score (nSPS) is 23.3. The monoisotopic (exact) mass is 459 g/mol. The maximum Gasteiger partial charge on any atom is 0.106 e. The summed E-state index contributed by atoms with van der Waals surface area (Å²) in [6.45, 7) is 8.88. The standard InChI is InChI=1S/C31H41NO2/c1-19(2)20-13-15-23(16-14-20)30(34)28-26(21-9-5-6-10-21)27-24(17-31(3,4)18-25(27)33)32-29(28)22-11-7-8-12-22/h9,13-16,19,22,25,30,33-34H,5-8,10-12,17-18H2,1-4H3/t25?,30-/m0/s1. The maximum atomic E-state index is 11.9. The van der Waals surface area contributed by atoms with E-state index in [0.29, 0.717) is 11.8 Å². The topological polar surface area (TPSA) is 53.4 Å². The lowest BCUT2D eigenvalue weighted by Gasteiger charge is -2.38. The van der Waals surface area contributed by atoms with Gasteiger partial charge in [-0.2, -0.15) is 0 Å². The average molecular weight is 460 g/mol. The summed E-state index contributed by atoms with van der Waals surface area (Å²) in [5, 5.41) is 23.4. The van der Waals surface area contributed by atoms with Crippen LogP contribution in [-0.2, 0) is 6.42 Å². The summed E-state index contributed by atoms with van der Waals surface area (Å²) < 4.78 is 0. The Morgan fingerprint density at radius 1 is 1.00 bits per heavy atom. The summed E-state index contributed by atoms with van der Waals surface area (Å²) in [4.78, 5) is 5.32. The second-order valence-electron chi connectivity index (χ2n) is 12.0. The highest BCUT2D eigenvalue weighted by Gasteiger charge is 2.39. The van der Waals surface area contributed by atoms with E-state index in [2.05, 4.69) is 58.0 Å². The van der Waals surface area contributed by atoms with Crippen LogP contribution >= 0.6 is 0 Å². The van der Waals surface area contributed by atoms with Gasteiger partial charge in [0.2, 0.25) is 0 Å². The van der Waals surface area contributed by atoms with Gasteiger partial charge in [-0.15, -0.1) is 0 Å². The Morgan fingerprint density at radius 2 is 1.68 bits per heavy atom. The Balaban J connectivity index is 1.73. The van der Waals surface area contributed by atoms with E-state index < -0.39 is 12.2 Å². The number of hydrogen-bond donors (Lipinski definition) is 2. The molecule has 0 bridgehead atoms. The van der Waals surface area contributed by atoms with Gasteiger partial charge in [0, 0.05) is 22.7 Å². The first-order chi connectivity index (χ1) is 16.2. The summed E-state index contributed by atoms with van der Waals surface area (Å²) in [5.74, 6) is 0.858. The molecule has 3 nitrogen and oxygen atoms in total. The Morgan fingerprint density at radius 3 is 2.29 bits per heavy atom. The van der Waals surface area contributed by atoms with Crippen molar-refractivity contribution in [2.24, 2.45) is 5.41 Å². The number of aliphatic hydroxyl groups excluding tert-OH is 2. The molecule has 182 valence electrons. The molecule has 5 rings (SSSR count). The molecule has 2 aromatic rings. The van der Waals surface area contributed by atoms with Crippen molar-refractivity contribution < 1.29 is 10.2 Å². The van der Waals surface area contributed by atoms with Gasteiger partial charge in [-0.3, -0.25) is 4.98 Å². The maximum absolute atomic E-state index is 11.9. The van der Waals surface area contributed by atoms with Gasteiger partial charge in [-0.05, 0) is 78.5 Å². The lowest BCUT2D eigenvalue weighted by atomic mass is 9.71. The summed E-state index contributed by atoms with van der Waals surface area (Å²) in [6, 6.07) is 8.47. The quantitative estimate of drug-likeness (QED) is 0.486. The van der Waals surface area contributed by atoms with E-state index in [1.54, 1.807) is 0 Å². The van der Waals surface area contributed by atoms with Crippen LogP contribution in [0.25, 0.3) is 5.57 Å². The number of allylic oxidation sites excluding steroid dienone is 2. The lowest BCUT2D eigenvalue weighted by Crippen LogP contribution is -2.29. The molecule has 2 N–H and O–H groups in total. The minimum atomic E-state index is -0.728. The van der Waals surface area contributed by atoms with E-state index in [9.17, 15) is 10.2 Å². The first kappa shape index (κ1) is 23.8. The molecule has 34 heavy (non-hydrogen) atoms. The summed E-state index contributed by atoms with van der Waals surface area (Å²) >= 11 is 0. The molecule has 1 fully saturated rings. The highest BCUT2D eigenvalue weighted by Crippen LogP contribution is 2.50. The van der Waals surface area contributed by atoms with E-state index in [4.69, 9.17) is 4.98 Å². The molecule has 2 atom stereocenters. The molecule has 1 aromatic heterocycles. The molecule has 3 aliphatic carbocycles. The zero-order valence-corrected chi connectivity index (χ0v) is 21.4.